The van der Waals surface area contributed by atoms with Crippen molar-refractivity contribution in [2.75, 3.05) is 26.2 Å². The fourth-order valence-electron chi connectivity index (χ4n) is 5.21. The molecule has 2 amide bonds. The number of hydrogen-bond acceptors (Lipinski definition) is 5. The summed E-state index contributed by atoms with van der Waals surface area (Å²) >= 11 is 3.50. The van der Waals surface area contributed by atoms with E-state index in [1.54, 1.807) is 11.0 Å². The molecule has 6 atom stereocenters. The first-order chi connectivity index (χ1) is 13.8. The number of likely N-dealkylation sites (tertiary alicyclic amines) is 1. The number of amides is 2. The lowest BCUT2D eigenvalue weighted by Crippen LogP contribution is -2.57. The van der Waals surface area contributed by atoms with Crippen molar-refractivity contribution in [3.63, 3.8) is 0 Å². The normalized spacial score (nSPS) is 35.1. The first-order valence-corrected chi connectivity index (χ1v) is 11.1. The Hall–Kier alpha value is -1.45. The number of aliphatic hydroxyl groups is 1. The van der Waals surface area contributed by atoms with Gasteiger partial charge in [0, 0.05) is 24.5 Å². The molecule has 162 valence electrons. The highest BCUT2D eigenvalue weighted by Crippen LogP contribution is 2.60. The molecular formula is C20H29BrN2O6. The molecule has 0 radical (unpaired) electrons. The molecular weight excluding hydrogens is 444 g/mol. The Morgan fingerprint density at radius 3 is 2.76 bits per heavy atom. The molecule has 3 aliphatic rings. The minimum absolute atomic E-state index is 0.0301. The van der Waals surface area contributed by atoms with Gasteiger partial charge in [0.25, 0.3) is 0 Å². The second-order valence-corrected chi connectivity index (χ2v) is 9.21. The number of fused-ring (bicyclic) bond motifs is 1. The van der Waals surface area contributed by atoms with Gasteiger partial charge >= 0.3 is 5.97 Å². The van der Waals surface area contributed by atoms with Crippen LogP contribution in [0.2, 0.25) is 0 Å². The molecule has 3 unspecified atom stereocenters. The Morgan fingerprint density at radius 1 is 1.45 bits per heavy atom. The lowest BCUT2D eigenvalue weighted by atomic mass is 9.70. The molecule has 1 spiro atoms. The number of ether oxygens (including phenoxy) is 1. The number of hydrogen-bond donors (Lipinski definition) is 2. The second kappa shape index (κ2) is 8.73. The van der Waals surface area contributed by atoms with Gasteiger partial charge in [0.2, 0.25) is 11.8 Å². The number of rotatable bonds is 10. The topological polar surface area (TPSA) is 107 Å². The molecule has 3 saturated heterocycles. The van der Waals surface area contributed by atoms with Gasteiger partial charge in [-0.2, -0.15) is 0 Å². The van der Waals surface area contributed by atoms with Crippen LogP contribution in [0.1, 0.15) is 32.6 Å². The number of β-amino-alcohol motifs (C(OH)–C–C–N with tert-alkyl or cyclic N) is 1. The van der Waals surface area contributed by atoms with Gasteiger partial charge in [-0.15, -0.1) is 6.58 Å². The molecule has 3 rings (SSSR count). The molecule has 3 aliphatic heterocycles. The second-order valence-electron chi connectivity index (χ2n) is 8.04. The Bertz CT molecular complexity index is 688. The van der Waals surface area contributed by atoms with E-state index in [1.165, 1.54) is 4.90 Å². The maximum atomic E-state index is 13.6. The number of aliphatic carboxylic acids is 1. The zero-order valence-corrected chi connectivity index (χ0v) is 18.2. The Labute approximate surface area is 179 Å². The quantitative estimate of drug-likeness (QED) is 0.279. The molecule has 8 nitrogen and oxygen atoms in total. The van der Waals surface area contributed by atoms with Crippen LogP contribution in [0.25, 0.3) is 0 Å². The molecule has 3 fully saturated rings. The summed E-state index contributed by atoms with van der Waals surface area (Å²) in [6, 6.07) is -0.942. The molecule has 0 aromatic heterocycles. The van der Waals surface area contributed by atoms with Crippen molar-refractivity contribution in [2.24, 2.45) is 11.8 Å². The van der Waals surface area contributed by atoms with E-state index in [-0.39, 0.29) is 23.9 Å². The standard InChI is InChI=1S/C20H29BrN2O6/c1-3-5-6-8-22(7-4-2)18(26)16-20-11-12(21)15(29-20)13(19(27)28)14(20)17(25)23(16)9-10-24/h4,12-16,24H,2-3,5-11H2,1H3,(H,27,28)/t12?,13-,14-,15-,16?,20?/m0/s1. The average Bonchev–Trinajstić information content (AvgIpc) is 3.25. The predicted octanol–water partition coefficient (Wildman–Crippen LogP) is 1.02. The summed E-state index contributed by atoms with van der Waals surface area (Å²) < 4.78 is 6.16. The maximum absolute atomic E-state index is 13.6. The molecule has 2 N–H and O–H groups in total. The van der Waals surface area contributed by atoms with Crippen molar-refractivity contribution in [1.29, 1.82) is 0 Å². The summed E-state index contributed by atoms with van der Waals surface area (Å²) in [6.07, 6.45) is 4.19. The minimum atomic E-state index is -1.19. The van der Waals surface area contributed by atoms with Gasteiger partial charge in [0.15, 0.2) is 0 Å². The zero-order chi connectivity index (χ0) is 21.3. The van der Waals surface area contributed by atoms with Gasteiger partial charge in [-0.3, -0.25) is 14.4 Å². The van der Waals surface area contributed by atoms with Crippen LogP contribution in [0.4, 0.5) is 0 Å². The van der Waals surface area contributed by atoms with Crippen molar-refractivity contribution >= 4 is 33.7 Å². The first kappa shape index (κ1) is 22.2. The van der Waals surface area contributed by atoms with Crippen LogP contribution < -0.4 is 0 Å². The van der Waals surface area contributed by atoms with E-state index >= 15 is 0 Å². The lowest BCUT2D eigenvalue weighted by Gasteiger charge is -2.36. The number of carbonyl (C=O) groups is 3. The van der Waals surface area contributed by atoms with E-state index in [1.807, 2.05) is 0 Å². The third-order valence-electron chi connectivity index (χ3n) is 6.34. The smallest absolute Gasteiger partial charge is 0.310 e. The van der Waals surface area contributed by atoms with Gasteiger partial charge in [-0.1, -0.05) is 41.8 Å². The largest absolute Gasteiger partial charge is 0.481 e. The predicted molar refractivity (Wildman–Crippen MR) is 108 cm³/mol. The van der Waals surface area contributed by atoms with Gasteiger partial charge < -0.3 is 24.7 Å². The van der Waals surface area contributed by atoms with Crippen LogP contribution in [0.15, 0.2) is 12.7 Å². The van der Waals surface area contributed by atoms with Crippen molar-refractivity contribution in [3.05, 3.63) is 12.7 Å². The van der Waals surface area contributed by atoms with E-state index < -0.39 is 41.5 Å². The van der Waals surface area contributed by atoms with Gasteiger partial charge in [0.05, 0.1) is 24.5 Å². The highest BCUT2D eigenvalue weighted by molar-refractivity contribution is 9.09. The van der Waals surface area contributed by atoms with Crippen molar-refractivity contribution in [3.8, 4) is 0 Å². The Kier molecular flexibility index (Phi) is 6.70. The number of unbranched alkanes of at least 4 members (excludes halogenated alkanes) is 2. The van der Waals surface area contributed by atoms with Gasteiger partial charge in [-0.25, -0.2) is 0 Å². The fourth-order valence-corrected chi connectivity index (χ4v) is 6.15. The van der Waals surface area contributed by atoms with Crippen LogP contribution in [-0.2, 0) is 19.1 Å². The number of aliphatic hydroxyl groups excluding tert-OH is 1. The zero-order valence-electron chi connectivity index (χ0n) is 16.6. The molecule has 9 heteroatoms. The number of alkyl halides is 1. The minimum Gasteiger partial charge on any atom is -0.481 e. The number of nitrogens with zero attached hydrogens (tertiary/aromatic N) is 2. The lowest BCUT2D eigenvalue weighted by molar-refractivity contribution is -0.151. The van der Waals surface area contributed by atoms with Crippen LogP contribution in [0.5, 0.6) is 0 Å². The third kappa shape index (κ3) is 3.51. The molecule has 0 aliphatic carbocycles. The summed E-state index contributed by atoms with van der Waals surface area (Å²) in [5.41, 5.74) is -1.19. The molecule has 0 aromatic carbocycles. The van der Waals surface area contributed by atoms with Crippen LogP contribution in [0.3, 0.4) is 0 Å². The van der Waals surface area contributed by atoms with Gasteiger partial charge in [-0.05, 0) is 12.8 Å². The van der Waals surface area contributed by atoms with Crippen molar-refractivity contribution < 1.29 is 29.3 Å². The summed E-state index contributed by atoms with van der Waals surface area (Å²) in [7, 11) is 0. The van der Waals surface area contributed by atoms with Crippen LogP contribution in [0, 0.1) is 11.8 Å². The SMILES string of the molecule is C=CCN(CCCCC)C(=O)C1N(CCO)C(=O)[C@@H]2[C@H](C(=O)O)[C@H]3OC12CC3Br. The Morgan fingerprint density at radius 2 is 2.17 bits per heavy atom. The first-order valence-electron chi connectivity index (χ1n) is 10.2. The van der Waals surface area contributed by atoms with E-state index in [0.29, 0.717) is 19.5 Å². The van der Waals surface area contributed by atoms with E-state index in [0.717, 1.165) is 19.3 Å². The third-order valence-corrected chi connectivity index (χ3v) is 7.19. The highest BCUT2D eigenvalue weighted by atomic mass is 79.9. The van der Waals surface area contributed by atoms with E-state index in [2.05, 4.69) is 29.4 Å². The number of carboxylic acids is 1. The number of carboxylic acid groups (broad SMARTS) is 1. The van der Waals surface area contributed by atoms with Gasteiger partial charge in [0.1, 0.15) is 11.6 Å². The van der Waals surface area contributed by atoms with Crippen molar-refractivity contribution in [1.82, 2.24) is 9.80 Å². The van der Waals surface area contributed by atoms with Crippen LogP contribution in [-0.4, -0.2) is 86.6 Å². The number of carbonyl (C=O) groups excluding carboxylic acids is 2. The molecule has 3 heterocycles. The number of halogens is 1. The molecule has 0 saturated carbocycles. The summed E-state index contributed by atoms with van der Waals surface area (Å²) in [5.74, 6) is -3.70. The highest BCUT2D eigenvalue weighted by Gasteiger charge is 2.76. The monoisotopic (exact) mass is 472 g/mol. The average molecular weight is 473 g/mol. The van der Waals surface area contributed by atoms with E-state index in [4.69, 9.17) is 4.74 Å². The van der Waals surface area contributed by atoms with Crippen LogP contribution >= 0.6 is 15.9 Å². The summed E-state index contributed by atoms with van der Waals surface area (Å²) in [4.78, 5) is 41.5. The summed E-state index contributed by atoms with van der Waals surface area (Å²) in [5, 5.41) is 19.3. The summed E-state index contributed by atoms with van der Waals surface area (Å²) in [6.45, 7) is 6.34. The maximum Gasteiger partial charge on any atom is 0.310 e. The Balaban J connectivity index is 1.98. The van der Waals surface area contributed by atoms with Crippen molar-refractivity contribution in [2.45, 2.75) is 55.2 Å². The molecule has 29 heavy (non-hydrogen) atoms. The van der Waals surface area contributed by atoms with E-state index in [9.17, 15) is 24.6 Å². The molecule has 0 aromatic rings. The molecule has 2 bridgehead atoms. The fraction of sp³-hybridized carbons (Fsp3) is 0.750.